The molecule has 0 saturated carbocycles. The lowest BCUT2D eigenvalue weighted by Crippen LogP contribution is -2.68. The number of rotatable bonds is 7. The Kier molecular flexibility index (Phi) is 6.49. The van der Waals surface area contributed by atoms with Crippen LogP contribution in [0, 0.1) is 0 Å². The first-order valence-corrected chi connectivity index (χ1v) is 14.6. The van der Waals surface area contributed by atoms with E-state index in [2.05, 4.69) is 88.0 Å². The standard InChI is InChI=1S/C31H34O4Si/c1-5-31-22-27(26(34-31)21-28(31)33-29(32)23-15-9-6-10-16-23)35-36(30(2,3)4,24-17-11-7-12-18-24)25-19-13-8-14-20-25/h5-20,26-28H,1,21-22H2,2-4H3/t26-,27+,28+,31-/m1/s1. The molecule has 5 rings (SSSR count). The van der Waals surface area contributed by atoms with Gasteiger partial charge in [-0.2, -0.15) is 0 Å². The predicted molar refractivity (Wildman–Crippen MR) is 145 cm³/mol. The number of hydrogen-bond acceptors (Lipinski definition) is 4. The summed E-state index contributed by atoms with van der Waals surface area (Å²) in [6.07, 6.45) is 2.34. The van der Waals surface area contributed by atoms with Crippen molar-refractivity contribution in [1.82, 2.24) is 0 Å². The van der Waals surface area contributed by atoms with Gasteiger partial charge in [0.1, 0.15) is 11.7 Å². The zero-order valence-electron chi connectivity index (χ0n) is 21.2. The smallest absolute Gasteiger partial charge is 0.338 e. The van der Waals surface area contributed by atoms with Gasteiger partial charge in [-0.25, -0.2) is 4.79 Å². The SMILES string of the molecule is C=C[C@@]12C[C@H](O[Si](c3ccccc3)(c3ccccc3)C(C)(C)C)[C@@H](C[C@@H]1OC(=O)c1ccccc1)O2. The molecular weight excluding hydrogens is 464 g/mol. The van der Waals surface area contributed by atoms with Crippen LogP contribution in [0.1, 0.15) is 44.0 Å². The third-order valence-electron chi connectivity index (χ3n) is 7.65. The molecule has 0 unspecified atom stereocenters. The van der Waals surface area contributed by atoms with Crippen LogP contribution in [0.4, 0.5) is 0 Å². The Morgan fingerprint density at radius 3 is 1.97 bits per heavy atom. The number of fused-ring (bicyclic) bond motifs is 2. The van der Waals surface area contributed by atoms with Crippen LogP contribution in [0.3, 0.4) is 0 Å². The summed E-state index contributed by atoms with van der Waals surface area (Å²) < 4.78 is 19.8. The average molecular weight is 499 g/mol. The molecule has 2 heterocycles. The number of carbonyl (C=O) groups excluding carboxylic acids is 1. The molecule has 2 saturated heterocycles. The molecule has 2 bridgehead atoms. The molecule has 0 spiro atoms. The van der Waals surface area contributed by atoms with Crippen molar-refractivity contribution >= 4 is 24.7 Å². The summed E-state index contributed by atoms with van der Waals surface area (Å²) in [6.45, 7) is 10.9. The van der Waals surface area contributed by atoms with Gasteiger partial charge in [-0.15, -0.1) is 6.58 Å². The molecule has 36 heavy (non-hydrogen) atoms. The van der Waals surface area contributed by atoms with Crippen molar-refractivity contribution < 1.29 is 18.7 Å². The van der Waals surface area contributed by atoms with E-state index in [-0.39, 0.29) is 29.3 Å². The van der Waals surface area contributed by atoms with Crippen molar-refractivity contribution in [3.05, 3.63) is 109 Å². The summed E-state index contributed by atoms with van der Waals surface area (Å²) in [6, 6.07) is 30.4. The number of carbonyl (C=O) groups is 1. The predicted octanol–water partition coefficient (Wildman–Crippen LogP) is 5.27. The van der Waals surface area contributed by atoms with Gasteiger partial charge in [0.15, 0.2) is 0 Å². The molecule has 0 aromatic heterocycles. The second-order valence-electron chi connectivity index (χ2n) is 10.8. The van der Waals surface area contributed by atoms with E-state index < -0.39 is 13.9 Å². The molecular formula is C31H34O4Si. The van der Waals surface area contributed by atoms with E-state index in [0.717, 1.165) is 0 Å². The fraction of sp³-hybridized carbons (Fsp3) is 0.323. The number of ether oxygens (including phenoxy) is 2. The van der Waals surface area contributed by atoms with Crippen LogP contribution in [0.25, 0.3) is 0 Å². The van der Waals surface area contributed by atoms with Crippen molar-refractivity contribution in [3.8, 4) is 0 Å². The Labute approximate surface area is 215 Å². The maximum absolute atomic E-state index is 12.8. The van der Waals surface area contributed by atoms with E-state index in [1.807, 2.05) is 24.3 Å². The highest BCUT2D eigenvalue weighted by molar-refractivity contribution is 6.99. The van der Waals surface area contributed by atoms with Gasteiger partial charge < -0.3 is 13.9 Å². The van der Waals surface area contributed by atoms with E-state index in [1.165, 1.54) is 10.4 Å². The van der Waals surface area contributed by atoms with Gasteiger partial charge in [-0.3, -0.25) is 0 Å². The maximum atomic E-state index is 12.8. The van der Waals surface area contributed by atoms with Gasteiger partial charge in [0.25, 0.3) is 8.32 Å². The number of esters is 1. The normalized spacial score (nSPS) is 25.5. The van der Waals surface area contributed by atoms with E-state index in [0.29, 0.717) is 18.4 Å². The first kappa shape index (κ1) is 24.7. The molecule has 2 aliphatic rings. The highest BCUT2D eigenvalue weighted by atomic mass is 28.4. The third-order valence-corrected chi connectivity index (χ3v) is 12.7. The molecule has 4 nitrogen and oxygen atoms in total. The Balaban J connectivity index is 1.46. The molecule has 0 N–H and O–H groups in total. The monoisotopic (exact) mass is 498 g/mol. The van der Waals surface area contributed by atoms with Crippen LogP contribution in [0.2, 0.25) is 5.04 Å². The third kappa shape index (κ3) is 4.15. The minimum absolute atomic E-state index is 0.124. The zero-order chi connectivity index (χ0) is 25.4. The van der Waals surface area contributed by atoms with Crippen molar-refractivity contribution in [2.45, 2.75) is 62.6 Å². The second-order valence-corrected chi connectivity index (χ2v) is 15.1. The van der Waals surface area contributed by atoms with Crippen molar-refractivity contribution in [3.63, 3.8) is 0 Å². The quantitative estimate of drug-likeness (QED) is 0.253. The molecule has 186 valence electrons. The van der Waals surface area contributed by atoms with Crippen molar-refractivity contribution in [2.24, 2.45) is 0 Å². The lowest BCUT2D eigenvalue weighted by atomic mass is 9.84. The molecule has 2 fully saturated rings. The molecule has 0 aliphatic carbocycles. The second kappa shape index (κ2) is 9.47. The van der Waals surface area contributed by atoms with Crippen LogP contribution in [-0.4, -0.2) is 38.2 Å². The Morgan fingerprint density at radius 1 is 0.944 bits per heavy atom. The summed E-state index contributed by atoms with van der Waals surface area (Å²) in [7, 11) is -2.73. The summed E-state index contributed by atoms with van der Waals surface area (Å²) in [5.74, 6) is -0.331. The fourth-order valence-electron chi connectivity index (χ4n) is 5.89. The molecule has 3 aromatic carbocycles. The van der Waals surface area contributed by atoms with Crippen LogP contribution in [0.5, 0.6) is 0 Å². The first-order valence-electron chi connectivity index (χ1n) is 12.7. The first-order chi connectivity index (χ1) is 17.3. The van der Waals surface area contributed by atoms with Crippen LogP contribution in [0.15, 0.2) is 104 Å². The molecule has 2 aliphatic heterocycles. The maximum Gasteiger partial charge on any atom is 0.338 e. The van der Waals surface area contributed by atoms with E-state index in [4.69, 9.17) is 13.9 Å². The highest BCUT2D eigenvalue weighted by Gasteiger charge is 2.62. The fourth-order valence-corrected chi connectivity index (χ4v) is 10.6. The van der Waals surface area contributed by atoms with E-state index in [1.54, 1.807) is 12.1 Å². The van der Waals surface area contributed by atoms with Crippen molar-refractivity contribution in [2.75, 3.05) is 0 Å². The Bertz CT molecular complexity index is 1170. The largest absolute Gasteiger partial charge is 0.455 e. The van der Waals surface area contributed by atoms with Crippen molar-refractivity contribution in [1.29, 1.82) is 0 Å². The molecule has 5 heteroatoms. The van der Waals surface area contributed by atoms with Gasteiger partial charge in [0, 0.05) is 12.8 Å². The summed E-state index contributed by atoms with van der Waals surface area (Å²) in [5, 5.41) is 2.36. The number of hydrogen-bond donors (Lipinski definition) is 0. The van der Waals surface area contributed by atoms with Gasteiger partial charge in [-0.1, -0.05) is 106 Å². The molecule has 4 atom stereocenters. The summed E-state index contributed by atoms with van der Waals surface area (Å²) in [5.41, 5.74) is -0.204. The summed E-state index contributed by atoms with van der Waals surface area (Å²) in [4.78, 5) is 12.8. The lowest BCUT2D eigenvalue weighted by Gasteiger charge is -2.46. The molecule has 0 radical (unpaired) electrons. The minimum atomic E-state index is -2.73. The summed E-state index contributed by atoms with van der Waals surface area (Å²) >= 11 is 0. The van der Waals surface area contributed by atoms with Gasteiger partial charge in [0.2, 0.25) is 0 Å². The van der Waals surface area contributed by atoms with Gasteiger partial charge in [-0.05, 0) is 27.5 Å². The van der Waals surface area contributed by atoms with Gasteiger partial charge >= 0.3 is 5.97 Å². The van der Waals surface area contributed by atoms with E-state index in [9.17, 15) is 4.79 Å². The Morgan fingerprint density at radius 2 is 1.47 bits per heavy atom. The highest BCUT2D eigenvalue weighted by Crippen LogP contribution is 2.50. The number of benzene rings is 3. The van der Waals surface area contributed by atoms with E-state index >= 15 is 0 Å². The molecule has 0 amide bonds. The molecule has 3 aromatic rings. The topological polar surface area (TPSA) is 44.8 Å². The van der Waals surface area contributed by atoms with Crippen LogP contribution >= 0.6 is 0 Å². The van der Waals surface area contributed by atoms with Crippen LogP contribution in [-0.2, 0) is 13.9 Å². The van der Waals surface area contributed by atoms with Gasteiger partial charge in [0.05, 0.1) is 17.8 Å². The minimum Gasteiger partial charge on any atom is -0.455 e. The van der Waals surface area contributed by atoms with Crippen LogP contribution < -0.4 is 10.4 Å². The average Bonchev–Trinajstić information content (AvgIpc) is 3.43. The Hall–Kier alpha value is -2.99. The zero-order valence-corrected chi connectivity index (χ0v) is 22.2. The lowest BCUT2D eigenvalue weighted by molar-refractivity contribution is -0.0286.